The second kappa shape index (κ2) is 10.1. The normalized spacial score (nSPS) is 18.5. The van der Waals surface area contributed by atoms with E-state index in [1.54, 1.807) is 0 Å². The molecule has 6 aromatic rings. The molecule has 0 fully saturated rings. The fourth-order valence-corrected chi connectivity index (χ4v) is 7.56. The minimum absolute atomic E-state index is 0.232. The number of benzene rings is 5. The van der Waals surface area contributed by atoms with Crippen LogP contribution in [0.2, 0.25) is 0 Å². The van der Waals surface area contributed by atoms with Crippen molar-refractivity contribution in [2.45, 2.75) is 24.8 Å². The summed E-state index contributed by atoms with van der Waals surface area (Å²) in [6.07, 6.45) is 18.4. The SMILES string of the molecule is C1=CC2c3ccc4c(c3N(c3cccc(C5=CCCC=C5)c3)C2C=C1)c1ccccc1n4-c1cccc(-c2ccccc2)c1. The lowest BCUT2D eigenvalue weighted by Gasteiger charge is -2.29. The van der Waals surface area contributed by atoms with Crippen molar-refractivity contribution in [2.24, 2.45) is 0 Å². The summed E-state index contributed by atoms with van der Waals surface area (Å²) in [6.45, 7) is 0. The van der Waals surface area contributed by atoms with Crippen LogP contribution in [0, 0.1) is 0 Å². The molecule has 0 amide bonds. The molecule has 3 aliphatic rings. The van der Waals surface area contributed by atoms with Crippen LogP contribution in [0.4, 0.5) is 11.4 Å². The molecule has 9 rings (SSSR count). The number of hydrogen-bond donors (Lipinski definition) is 0. The number of anilines is 2. The van der Waals surface area contributed by atoms with E-state index in [1.807, 2.05) is 0 Å². The fraction of sp³-hybridized carbons (Fsp3) is 0.0952. The van der Waals surface area contributed by atoms with Crippen LogP contribution in [0.15, 0.2) is 158 Å². The average molecular weight is 565 g/mol. The molecule has 1 aliphatic heterocycles. The van der Waals surface area contributed by atoms with Gasteiger partial charge in [-0.1, -0.05) is 121 Å². The number of hydrogen-bond acceptors (Lipinski definition) is 1. The number of aromatic nitrogens is 1. The molecule has 0 bridgehead atoms. The number of para-hydroxylation sites is 1. The zero-order chi connectivity index (χ0) is 29.0. The molecule has 44 heavy (non-hydrogen) atoms. The van der Waals surface area contributed by atoms with Crippen LogP contribution < -0.4 is 4.90 Å². The van der Waals surface area contributed by atoms with Gasteiger partial charge in [0.25, 0.3) is 0 Å². The molecule has 5 aromatic carbocycles. The number of nitrogens with zero attached hydrogens (tertiary/aromatic N) is 2. The highest BCUT2D eigenvalue weighted by Gasteiger charge is 2.39. The zero-order valence-corrected chi connectivity index (χ0v) is 24.5. The van der Waals surface area contributed by atoms with Crippen molar-refractivity contribution in [1.29, 1.82) is 0 Å². The van der Waals surface area contributed by atoms with Gasteiger partial charge in [0, 0.05) is 28.1 Å². The van der Waals surface area contributed by atoms with Gasteiger partial charge in [0.15, 0.2) is 0 Å². The molecule has 2 unspecified atom stereocenters. The van der Waals surface area contributed by atoms with E-state index >= 15 is 0 Å². The third-order valence-corrected chi connectivity index (χ3v) is 9.51. The molecule has 2 nitrogen and oxygen atoms in total. The van der Waals surface area contributed by atoms with E-state index in [4.69, 9.17) is 0 Å². The van der Waals surface area contributed by atoms with Crippen LogP contribution in [-0.4, -0.2) is 10.6 Å². The minimum Gasteiger partial charge on any atom is -0.333 e. The molecule has 0 N–H and O–H groups in total. The monoisotopic (exact) mass is 564 g/mol. The Labute approximate surface area is 258 Å². The highest BCUT2D eigenvalue weighted by molar-refractivity contribution is 6.17. The highest BCUT2D eigenvalue weighted by Crippen LogP contribution is 2.53. The lowest BCUT2D eigenvalue weighted by Crippen LogP contribution is -2.28. The van der Waals surface area contributed by atoms with Crippen LogP contribution in [0.3, 0.4) is 0 Å². The van der Waals surface area contributed by atoms with Gasteiger partial charge in [-0.15, -0.1) is 0 Å². The molecular weight excluding hydrogens is 532 g/mol. The topological polar surface area (TPSA) is 8.17 Å². The standard InChI is InChI=1S/C42H32N2/c1-3-13-29(14-4-1)31-17-11-19-33(27-31)43-39-24-10-8-22-37(39)41-40(43)26-25-36-35-21-7-9-23-38(35)44(42(36)41)34-20-12-18-32(28-34)30-15-5-2-6-16-30/h1,3-5,7-28,35,38H,2,6H2. The van der Waals surface area contributed by atoms with Crippen molar-refractivity contribution < 1.29 is 0 Å². The molecule has 0 radical (unpaired) electrons. The van der Waals surface area contributed by atoms with Crippen LogP contribution in [0.25, 0.3) is 44.2 Å². The van der Waals surface area contributed by atoms with Crippen molar-refractivity contribution in [1.82, 2.24) is 4.57 Å². The summed E-state index contributed by atoms with van der Waals surface area (Å²) in [4.78, 5) is 2.61. The Balaban J connectivity index is 1.30. The van der Waals surface area contributed by atoms with Crippen molar-refractivity contribution in [3.8, 4) is 16.8 Å². The molecular formula is C42H32N2. The Morgan fingerprint density at radius 1 is 0.591 bits per heavy atom. The first-order valence-electron chi connectivity index (χ1n) is 15.7. The first-order chi connectivity index (χ1) is 21.8. The Morgan fingerprint density at radius 3 is 2.25 bits per heavy atom. The van der Waals surface area contributed by atoms with Gasteiger partial charge in [-0.3, -0.25) is 0 Å². The third kappa shape index (κ3) is 3.88. The van der Waals surface area contributed by atoms with Gasteiger partial charge in [0.05, 0.1) is 22.8 Å². The summed E-state index contributed by atoms with van der Waals surface area (Å²) in [7, 11) is 0. The number of allylic oxidation sites excluding steroid dienone is 6. The van der Waals surface area contributed by atoms with Crippen molar-refractivity contribution in [3.05, 3.63) is 169 Å². The Kier molecular flexibility index (Phi) is 5.80. The van der Waals surface area contributed by atoms with Crippen LogP contribution in [0.1, 0.15) is 29.9 Å². The smallest absolute Gasteiger partial charge is 0.0629 e. The van der Waals surface area contributed by atoms with E-state index in [1.165, 1.54) is 66.7 Å². The maximum Gasteiger partial charge on any atom is 0.0629 e. The summed E-state index contributed by atoms with van der Waals surface area (Å²) < 4.78 is 2.46. The first kappa shape index (κ1) is 25.2. The van der Waals surface area contributed by atoms with Gasteiger partial charge in [-0.05, 0) is 77.1 Å². The fourth-order valence-electron chi connectivity index (χ4n) is 7.56. The van der Waals surface area contributed by atoms with Crippen molar-refractivity contribution in [2.75, 3.05) is 4.90 Å². The molecule has 2 aliphatic carbocycles. The summed E-state index contributed by atoms with van der Waals surface area (Å²) in [5.41, 5.74) is 12.7. The van der Waals surface area contributed by atoms with E-state index < -0.39 is 0 Å². The first-order valence-corrected chi connectivity index (χ1v) is 15.7. The van der Waals surface area contributed by atoms with Gasteiger partial charge < -0.3 is 9.47 Å². The highest BCUT2D eigenvalue weighted by atomic mass is 15.2. The molecule has 210 valence electrons. The van der Waals surface area contributed by atoms with Gasteiger partial charge in [-0.25, -0.2) is 0 Å². The van der Waals surface area contributed by atoms with E-state index in [0.717, 1.165) is 12.8 Å². The summed E-state index contributed by atoms with van der Waals surface area (Å²) in [5, 5.41) is 2.61. The summed E-state index contributed by atoms with van der Waals surface area (Å²) in [6, 6.07) is 42.7. The Bertz CT molecular complexity index is 2190. The van der Waals surface area contributed by atoms with E-state index in [-0.39, 0.29) is 6.04 Å². The van der Waals surface area contributed by atoms with E-state index in [9.17, 15) is 0 Å². The van der Waals surface area contributed by atoms with Crippen molar-refractivity contribution >= 4 is 38.8 Å². The lowest BCUT2D eigenvalue weighted by atomic mass is 9.91. The Morgan fingerprint density at radius 2 is 1.36 bits per heavy atom. The molecule has 0 spiro atoms. The molecule has 0 saturated carbocycles. The van der Waals surface area contributed by atoms with Gasteiger partial charge in [-0.2, -0.15) is 0 Å². The quantitative estimate of drug-likeness (QED) is 0.207. The zero-order valence-electron chi connectivity index (χ0n) is 24.5. The second-order valence-electron chi connectivity index (χ2n) is 12.0. The summed E-state index contributed by atoms with van der Waals surface area (Å²) in [5.74, 6) is 0.306. The maximum atomic E-state index is 2.61. The molecule has 2 heterocycles. The molecule has 1 aromatic heterocycles. The third-order valence-electron chi connectivity index (χ3n) is 9.51. The average Bonchev–Trinajstić information content (AvgIpc) is 3.62. The minimum atomic E-state index is 0.232. The predicted octanol–water partition coefficient (Wildman–Crippen LogP) is 10.9. The molecule has 0 saturated heterocycles. The van der Waals surface area contributed by atoms with Gasteiger partial charge in [0.2, 0.25) is 0 Å². The maximum absolute atomic E-state index is 2.61. The van der Waals surface area contributed by atoms with Gasteiger partial charge in [0.1, 0.15) is 0 Å². The Hall–Kier alpha value is -5.34. The second-order valence-corrected chi connectivity index (χ2v) is 12.0. The molecule has 2 atom stereocenters. The number of rotatable bonds is 4. The van der Waals surface area contributed by atoms with Crippen LogP contribution in [-0.2, 0) is 0 Å². The number of fused-ring (bicyclic) bond motifs is 7. The largest absolute Gasteiger partial charge is 0.333 e. The van der Waals surface area contributed by atoms with E-state index in [2.05, 4.69) is 167 Å². The van der Waals surface area contributed by atoms with E-state index in [0.29, 0.717) is 5.92 Å². The predicted molar refractivity (Wildman–Crippen MR) is 186 cm³/mol. The summed E-state index contributed by atoms with van der Waals surface area (Å²) >= 11 is 0. The van der Waals surface area contributed by atoms with Gasteiger partial charge >= 0.3 is 0 Å². The molecule has 2 heteroatoms. The van der Waals surface area contributed by atoms with Crippen LogP contribution in [0.5, 0.6) is 0 Å². The lowest BCUT2D eigenvalue weighted by molar-refractivity contribution is 0.745. The van der Waals surface area contributed by atoms with Crippen LogP contribution >= 0.6 is 0 Å². The van der Waals surface area contributed by atoms with Crippen molar-refractivity contribution in [3.63, 3.8) is 0 Å².